The van der Waals surface area contributed by atoms with E-state index in [9.17, 15) is 4.79 Å². The lowest BCUT2D eigenvalue weighted by atomic mass is 9.95. The first-order valence-corrected chi connectivity index (χ1v) is 7.65. The van der Waals surface area contributed by atoms with Gasteiger partial charge in [-0.05, 0) is 25.7 Å². The van der Waals surface area contributed by atoms with Crippen molar-refractivity contribution in [2.24, 2.45) is 0 Å². The third kappa shape index (κ3) is 2.27. The van der Waals surface area contributed by atoms with Gasteiger partial charge in [0.05, 0.1) is 0 Å². The standard InChI is InChI=1S/C15H24N2O/c18-15-16(13-7-3-1-4-8-13)11-12-17(15)14-9-5-2-6-10-14/h11-14H,1-10H2. The fourth-order valence-electron chi connectivity index (χ4n) is 3.68. The van der Waals surface area contributed by atoms with Gasteiger partial charge in [-0.15, -0.1) is 0 Å². The molecule has 1 heterocycles. The van der Waals surface area contributed by atoms with E-state index in [0.717, 1.165) is 0 Å². The van der Waals surface area contributed by atoms with Crippen molar-refractivity contribution >= 4 is 0 Å². The molecule has 2 aliphatic carbocycles. The smallest absolute Gasteiger partial charge is 0.296 e. The quantitative estimate of drug-likeness (QED) is 0.784. The van der Waals surface area contributed by atoms with E-state index in [4.69, 9.17) is 0 Å². The highest BCUT2D eigenvalue weighted by molar-refractivity contribution is 4.90. The molecule has 0 N–H and O–H groups in total. The lowest BCUT2D eigenvalue weighted by molar-refractivity contribution is 0.320. The first-order valence-electron chi connectivity index (χ1n) is 7.65. The Bertz CT molecular complexity index is 395. The average Bonchev–Trinajstić information content (AvgIpc) is 2.83. The predicted octanol–water partition coefficient (Wildman–Crippen LogP) is 3.66. The number of aromatic nitrogens is 2. The molecule has 0 aliphatic heterocycles. The van der Waals surface area contributed by atoms with Crippen LogP contribution in [0.25, 0.3) is 0 Å². The first-order chi connectivity index (χ1) is 8.86. The summed E-state index contributed by atoms with van der Waals surface area (Å²) in [5, 5.41) is 0. The molecule has 3 nitrogen and oxygen atoms in total. The largest absolute Gasteiger partial charge is 0.328 e. The van der Waals surface area contributed by atoms with Crippen LogP contribution in [0.1, 0.15) is 76.3 Å². The molecule has 2 saturated carbocycles. The van der Waals surface area contributed by atoms with Gasteiger partial charge in [-0.1, -0.05) is 38.5 Å². The minimum absolute atomic E-state index is 0.244. The highest BCUT2D eigenvalue weighted by Crippen LogP contribution is 2.29. The maximum absolute atomic E-state index is 12.5. The van der Waals surface area contributed by atoms with Gasteiger partial charge in [-0.3, -0.25) is 9.13 Å². The van der Waals surface area contributed by atoms with E-state index >= 15 is 0 Å². The molecule has 2 aliphatic rings. The van der Waals surface area contributed by atoms with E-state index in [1.807, 2.05) is 21.5 Å². The monoisotopic (exact) mass is 248 g/mol. The highest BCUT2D eigenvalue weighted by Gasteiger charge is 2.21. The third-order valence-corrected chi connectivity index (χ3v) is 4.77. The number of hydrogen-bond acceptors (Lipinski definition) is 1. The van der Waals surface area contributed by atoms with Crippen LogP contribution in [0.2, 0.25) is 0 Å². The van der Waals surface area contributed by atoms with E-state index in [-0.39, 0.29) is 5.69 Å². The van der Waals surface area contributed by atoms with Crippen molar-refractivity contribution < 1.29 is 0 Å². The van der Waals surface area contributed by atoms with Crippen LogP contribution in [0.5, 0.6) is 0 Å². The molecule has 100 valence electrons. The van der Waals surface area contributed by atoms with Crippen LogP contribution in [0, 0.1) is 0 Å². The predicted molar refractivity (Wildman–Crippen MR) is 72.9 cm³/mol. The molecule has 3 heteroatoms. The molecule has 2 fully saturated rings. The van der Waals surface area contributed by atoms with Crippen molar-refractivity contribution in [1.82, 2.24) is 9.13 Å². The Hall–Kier alpha value is -0.990. The molecule has 0 atom stereocenters. The van der Waals surface area contributed by atoms with Gasteiger partial charge in [0.1, 0.15) is 0 Å². The molecule has 18 heavy (non-hydrogen) atoms. The van der Waals surface area contributed by atoms with Crippen LogP contribution in [-0.2, 0) is 0 Å². The molecule has 3 rings (SSSR count). The summed E-state index contributed by atoms with van der Waals surface area (Å²) < 4.78 is 4.02. The van der Waals surface area contributed by atoms with Crippen molar-refractivity contribution in [2.75, 3.05) is 0 Å². The van der Waals surface area contributed by atoms with Crippen LogP contribution in [-0.4, -0.2) is 9.13 Å². The molecule has 0 unspecified atom stereocenters. The molecular weight excluding hydrogens is 224 g/mol. The Labute approximate surface area is 109 Å². The summed E-state index contributed by atoms with van der Waals surface area (Å²) in [5.41, 5.74) is 0.244. The Morgan fingerprint density at radius 2 is 1.11 bits per heavy atom. The fourth-order valence-corrected chi connectivity index (χ4v) is 3.68. The van der Waals surface area contributed by atoms with Gasteiger partial charge in [-0.25, -0.2) is 4.79 Å². The van der Waals surface area contributed by atoms with Crippen molar-refractivity contribution in [3.63, 3.8) is 0 Å². The zero-order chi connectivity index (χ0) is 12.4. The van der Waals surface area contributed by atoms with Crippen molar-refractivity contribution in [3.05, 3.63) is 22.9 Å². The Morgan fingerprint density at radius 1 is 0.722 bits per heavy atom. The number of rotatable bonds is 2. The van der Waals surface area contributed by atoms with Crippen LogP contribution >= 0.6 is 0 Å². The fraction of sp³-hybridized carbons (Fsp3) is 0.800. The average molecular weight is 248 g/mol. The first kappa shape index (κ1) is 12.1. The summed E-state index contributed by atoms with van der Waals surface area (Å²) in [4.78, 5) is 12.5. The van der Waals surface area contributed by atoms with Crippen molar-refractivity contribution in [3.8, 4) is 0 Å². The minimum atomic E-state index is 0.244. The van der Waals surface area contributed by atoms with E-state index in [1.54, 1.807) is 0 Å². The normalized spacial score (nSPS) is 23.3. The summed E-state index contributed by atoms with van der Waals surface area (Å²) in [6, 6.07) is 0.937. The number of imidazole rings is 1. The Balaban J connectivity index is 1.80. The zero-order valence-electron chi connectivity index (χ0n) is 11.2. The molecule has 1 aromatic rings. The Morgan fingerprint density at radius 3 is 1.50 bits per heavy atom. The van der Waals surface area contributed by atoms with E-state index in [1.165, 1.54) is 64.2 Å². The second-order valence-corrected chi connectivity index (χ2v) is 5.98. The topological polar surface area (TPSA) is 26.9 Å². The molecule has 0 spiro atoms. The van der Waals surface area contributed by atoms with Gasteiger partial charge in [-0.2, -0.15) is 0 Å². The summed E-state index contributed by atoms with van der Waals surface area (Å²) in [6.45, 7) is 0. The summed E-state index contributed by atoms with van der Waals surface area (Å²) in [7, 11) is 0. The SMILES string of the molecule is O=c1n(C2CCCCC2)ccn1C1CCCCC1. The van der Waals surface area contributed by atoms with E-state index in [0.29, 0.717) is 12.1 Å². The molecule has 0 aromatic carbocycles. The van der Waals surface area contributed by atoms with Crippen molar-refractivity contribution in [2.45, 2.75) is 76.3 Å². The lowest BCUT2D eigenvalue weighted by Gasteiger charge is -2.24. The number of nitrogens with zero attached hydrogens (tertiary/aromatic N) is 2. The van der Waals surface area contributed by atoms with Gasteiger partial charge >= 0.3 is 5.69 Å². The number of hydrogen-bond donors (Lipinski definition) is 0. The van der Waals surface area contributed by atoms with Crippen LogP contribution in [0.3, 0.4) is 0 Å². The second-order valence-electron chi connectivity index (χ2n) is 5.98. The van der Waals surface area contributed by atoms with Gasteiger partial charge < -0.3 is 0 Å². The van der Waals surface area contributed by atoms with Gasteiger partial charge in [0.25, 0.3) is 0 Å². The van der Waals surface area contributed by atoms with Gasteiger partial charge in [0, 0.05) is 24.5 Å². The molecule has 0 amide bonds. The van der Waals surface area contributed by atoms with Gasteiger partial charge in [0.2, 0.25) is 0 Å². The molecular formula is C15H24N2O. The molecule has 0 bridgehead atoms. The third-order valence-electron chi connectivity index (χ3n) is 4.77. The summed E-state index contributed by atoms with van der Waals surface area (Å²) >= 11 is 0. The van der Waals surface area contributed by atoms with Crippen LogP contribution < -0.4 is 5.69 Å². The summed E-state index contributed by atoms with van der Waals surface area (Å²) in [5.74, 6) is 0. The van der Waals surface area contributed by atoms with Crippen LogP contribution in [0.4, 0.5) is 0 Å². The summed E-state index contributed by atoms with van der Waals surface area (Å²) in [6.07, 6.45) is 16.6. The van der Waals surface area contributed by atoms with Crippen molar-refractivity contribution in [1.29, 1.82) is 0 Å². The molecule has 1 aromatic heterocycles. The van der Waals surface area contributed by atoms with Gasteiger partial charge in [0.15, 0.2) is 0 Å². The van der Waals surface area contributed by atoms with E-state index in [2.05, 4.69) is 0 Å². The maximum atomic E-state index is 12.5. The minimum Gasteiger partial charge on any atom is -0.296 e. The lowest BCUT2D eigenvalue weighted by Crippen LogP contribution is -2.31. The van der Waals surface area contributed by atoms with Crippen LogP contribution in [0.15, 0.2) is 17.2 Å². The van der Waals surface area contributed by atoms with E-state index < -0.39 is 0 Å². The second kappa shape index (κ2) is 5.33. The Kier molecular flexibility index (Phi) is 3.57. The highest BCUT2D eigenvalue weighted by atomic mass is 16.1. The maximum Gasteiger partial charge on any atom is 0.328 e. The zero-order valence-corrected chi connectivity index (χ0v) is 11.2. The molecule has 0 saturated heterocycles. The molecule has 0 radical (unpaired) electrons.